The van der Waals surface area contributed by atoms with Gasteiger partial charge in [0.05, 0.1) is 11.1 Å². The van der Waals surface area contributed by atoms with E-state index in [-0.39, 0.29) is 11.9 Å². The highest BCUT2D eigenvalue weighted by Gasteiger charge is 2.24. The lowest BCUT2D eigenvalue weighted by Gasteiger charge is -2.24. The predicted octanol–water partition coefficient (Wildman–Crippen LogP) is 5.40. The van der Waals surface area contributed by atoms with Gasteiger partial charge in [0, 0.05) is 0 Å². The van der Waals surface area contributed by atoms with Gasteiger partial charge in [0.1, 0.15) is 5.75 Å². The lowest BCUT2D eigenvalue weighted by atomic mass is 9.98. The first-order chi connectivity index (χ1) is 13.2. The first-order valence-electron chi connectivity index (χ1n) is 9.00. The summed E-state index contributed by atoms with van der Waals surface area (Å²) in [5, 5.41) is 3.63. The molecule has 0 aromatic heterocycles. The lowest BCUT2D eigenvalue weighted by molar-refractivity contribution is -0.128. The molecule has 0 bridgehead atoms. The summed E-state index contributed by atoms with van der Waals surface area (Å²) in [6.07, 6.45) is -0.0901. The van der Waals surface area contributed by atoms with Crippen molar-refractivity contribution >= 4 is 17.5 Å². The van der Waals surface area contributed by atoms with Gasteiger partial charge >= 0.3 is 0 Å². The van der Waals surface area contributed by atoms with Crippen molar-refractivity contribution in [3.05, 3.63) is 101 Å². The molecule has 1 N–H and O–H groups in total. The maximum absolute atomic E-state index is 13.0. The molecule has 0 aliphatic heterocycles. The van der Waals surface area contributed by atoms with Gasteiger partial charge in [-0.25, -0.2) is 0 Å². The Kier molecular flexibility index (Phi) is 6.50. The summed E-state index contributed by atoms with van der Waals surface area (Å²) in [5.74, 6) is 0.340. The highest BCUT2D eigenvalue weighted by Crippen LogP contribution is 2.26. The summed E-state index contributed by atoms with van der Waals surface area (Å²) in [4.78, 5) is 13.0. The van der Waals surface area contributed by atoms with Crippen molar-refractivity contribution in [3.8, 4) is 5.75 Å². The van der Waals surface area contributed by atoms with E-state index in [0.717, 1.165) is 11.1 Å². The van der Waals surface area contributed by atoms with E-state index in [1.165, 1.54) is 0 Å². The molecular weight excluding hydrogens is 358 g/mol. The summed E-state index contributed by atoms with van der Waals surface area (Å²) >= 11 is 6.17. The molecule has 0 heterocycles. The number of ether oxygens (including phenoxy) is 1. The third-order valence-electron chi connectivity index (χ3n) is 4.32. The van der Waals surface area contributed by atoms with Crippen LogP contribution in [0.3, 0.4) is 0 Å². The molecular formula is C23H22ClNO2. The number of hydrogen-bond donors (Lipinski definition) is 1. The Morgan fingerprint density at radius 2 is 1.41 bits per heavy atom. The Morgan fingerprint density at radius 1 is 0.889 bits per heavy atom. The largest absolute Gasteiger partial charge is 0.479 e. The van der Waals surface area contributed by atoms with Crippen LogP contribution in [0.4, 0.5) is 0 Å². The Labute approximate surface area is 164 Å². The standard InChI is InChI=1S/C23H22ClNO2/c1-2-20(27-21-16-10-9-15-19(21)24)23(26)25-22(17-11-5-3-6-12-17)18-13-7-4-8-14-18/h3-16,20,22H,2H2,1H3,(H,25,26)/t20-/m0/s1. The average Bonchev–Trinajstić information content (AvgIpc) is 2.72. The van der Waals surface area contributed by atoms with Crippen LogP contribution in [0, 0.1) is 0 Å². The maximum Gasteiger partial charge on any atom is 0.261 e. The minimum atomic E-state index is -0.625. The third kappa shape index (κ3) is 4.89. The van der Waals surface area contributed by atoms with Crippen LogP contribution in [-0.2, 0) is 4.79 Å². The number of halogens is 1. The van der Waals surface area contributed by atoms with E-state index in [1.807, 2.05) is 79.7 Å². The summed E-state index contributed by atoms with van der Waals surface area (Å²) in [6.45, 7) is 1.92. The van der Waals surface area contributed by atoms with Crippen LogP contribution in [0.5, 0.6) is 5.75 Å². The van der Waals surface area contributed by atoms with Gasteiger partial charge < -0.3 is 10.1 Å². The highest BCUT2D eigenvalue weighted by molar-refractivity contribution is 6.32. The quantitative estimate of drug-likeness (QED) is 0.596. The second-order valence-corrected chi connectivity index (χ2v) is 6.62. The monoisotopic (exact) mass is 379 g/mol. The lowest BCUT2D eigenvalue weighted by Crippen LogP contribution is -2.40. The molecule has 3 aromatic rings. The highest BCUT2D eigenvalue weighted by atomic mass is 35.5. The van der Waals surface area contributed by atoms with E-state index in [0.29, 0.717) is 17.2 Å². The third-order valence-corrected chi connectivity index (χ3v) is 4.63. The zero-order chi connectivity index (χ0) is 19.1. The molecule has 0 radical (unpaired) electrons. The van der Waals surface area contributed by atoms with Crippen LogP contribution in [0.1, 0.15) is 30.5 Å². The summed E-state index contributed by atoms with van der Waals surface area (Å²) in [6, 6.07) is 26.8. The molecule has 4 heteroatoms. The topological polar surface area (TPSA) is 38.3 Å². The van der Waals surface area contributed by atoms with Gasteiger partial charge in [0.15, 0.2) is 6.10 Å². The van der Waals surface area contributed by atoms with E-state index in [4.69, 9.17) is 16.3 Å². The van der Waals surface area contributed by atoms with E-state index in [9.17, 15) is 4.79 Å². The summed E-state index contributed by atoms with van der Waals surface area (Å²) < 4.78 is 5.88. The number of benzene rings is 3. The van der Waals surface area contributed by atoms with Crippen LogP contribution >= 0.6 is 11.6 Å². The Morgan fingerprint density at radius 3 is 1.93 bits per heavy atom. The van der Waals surface area contributed by atoms with E-state index >= 15 is 0 Å². The summed E-state index contributed by atoms with van der Waals surface area (Å²) in [5.41, 5.74) is 2.04. The molecule has 0 aliphatic rings. The molecule has 0 saturated carbocycles. The summed E-state index contributed by atoms with van der Waals surface area (Å²) in [7, 11) is 0. The first-order valence-corrected chi connectivity index (χ1v) is 9.38. The molecule has 0 spiro atoms. The minimum Gasteiger partial charge on any atom is -0.479 e. The number of carbonyl (C=O) groups is 1. The molecule has 0 aliphatic carbocycles. The van der Waals surface area contributed by atoms with Crippen molar-refractivity contribution in [1.82, 2.24) is 5.32 Å². The molecule has 3 aromatic carbocycles. The predicted molar refractivity (Wildman–Crippen MR) is 109 cm³/mol. The number of rotatable bonds is 7. The zero-order valence-corrected chi connectivity index (χ0v) is 15.9. The average molecular weight is 380 g/mol. The van der Waals surface area contributed by atoms with Crippen molar-refractivity contribution in [2.24, 2.45) is 0 Å². The fourth-order valence-electron chi connectivity index (χ4n) is 2.90. The van der Waals surface area contributed by atoms with Crippen LogP contribution in [0.15, 0.2) is 84.9 Å². The number of amides is 1. The van der Waals surface area contributed by atoms with Crippen LogP contribution < -0.4 is 10.1 Å². The van der Waals surface area contributed by atoms with Gasteiger partial charge in [-0.15, -0.1) is 0 Å². The van der Waals surface area contributed by atoms with Crippen molar-refractivity contribution in [3.63, 3.8) is 0 Å². The number of hydrogen-bond acceptors (Lipinski definition) is 2. The van der Waals surface area contributed by atoms with Gasteiger partial charge in [-0.1, -0.05) is 91.3 Å². The molecule has 3 nitrogen and oxygen atoms in total. The Hall–Kier alpha value is -2.78. The molecule has 27 heavy (non-hydrogen) atoms. The van der Waals surface area contributed by atoms with Crippen LogP contribution in [0.2, 0.25) is 5.02 Å². The van der Waals surface area contributed by atoms with Gasteiger partial charge in [-0.05, 0) is 29.7 Å². The fraction of sp³-hybridized carbons (Fsp3) is 0.174. The molecule has 0 saturated heterocycles. The molecule has 138 valence electrons. The van der Waals surface area contributed by atoms with Crippen LogP contribution in [-0.4, -0.2) is 12.0 Å². The number of carbonyl (C=O) groups excluding carboxylic acids is 1. The molecule has 3 rings (SSSR count). The second-order valence-electron chi connectivity index (χ2n) is 6.21. The number of para-hydroxylation sites is 1. The second kappa shape index (κ2) is 9.24. The first kappa shape index (κ1) is 19.0. The Balaban J connectivity index is 1.82. The molecule has 0 fully saturated rings. The van der Waals surface area contributed by atoms with Crippen molar-refractivity contribution in [2.45, 2.75) is 25.5 Å². The SMILES string of the molecule is CC[C@H](Oc1ccccc1Cl)C(=O)NC(c1ccccc1)c1ccccc1. The van der Waals surface area contributed by atoms with E-state index in [1.54, 1.807) is 12.1 Å². The normalized spacial score (nSPS) is 11.8. The maximum atomic E-state index is 13.0. The van der Waals surface area contributed by atoms with Crippen molar-refractivity contribution in [2.75, 3.05) is 0 Å². The number of nitrogens with one attached hydrogen (secondary N) is 1. The Bertz CT molecular complexity index is 828. The molecule has 1 atom stereocenters. The fourth-order valence-corrected chi connectivity index (χ4v) is 3.08. The molecule has 1 amide bonds. The van der Waals surface area contributed by atoms with Gasteiger partial charge in [0.2, 0.25) is 0 Å². The zero-order valence-electron chi connectivity index (χ0n) is 15.1. The van der Waals surface area contributed by atoms with Crippen LogP contribution in [0.25, 0.3) is 0 Å². The van der Waals surface area contributed by atoms with Crippen molar-refractivity contribution in [1.29, 1.82) is 0 Å². The van der Waals surface area contributed by atoms with Gasteiger partial charge in [-0.3, -0.25) is 4.79 Å². The van der Waals surface area contributed by atoms with E-state index in [2.05, 4.69) is 5.32 Å². The minimum absolute atomic E-state index is 0.171. The smallest absolute Gasteiger partial charge is 0.261 e. The molecule has 0 unspecified atom stereocenters. The van der Waals surface area contributed by atoms with E-state index < -0.39 is 6.10 Å². The van der Waals surface area contributed by atoms with Crippen molar-refractivity contribution < 1.29 is 9.53 Å². The van der Waals surface area contributed by atoms with Gasteiger partial charge in [-0.2, -0.15) is 0 Å². The van der Waals surface area contributed by atoms with Gasteiger partial charge in [0.25, 0.3) is 5.91 Å².